The molecule has 0 saturated heterocycles. The van der Waals surface area contributed by atoms with E-state index in [1.165, 1.54) is 18.7 Å². The highest BCUT2D eigenvalue weighted by Gasteiger charge is 2.07. The van der Waals surface area contributed by atoms with E-state index in [-0.39, 0.29) is 11.1 Å². The molecule has 0 aliphatic heterocycles. The van der Waals surface area contributed by atoms with Crippen LogP contribution < -0.4 is 0 Å². The number of carbonyl (C=O) groups excluding carboxylic acids is 2. The van der Waals surface area contributed by atoms with Crippen LogP contribution in [0.2, 0.25) is 0 Å². The fraction of sp³-hybridized carbons (Fsp3) is 0.800. The molecule has 0 amide bonds. The van der Waals surface area contributed by atoms with Crippen molar-refractivity contribution < 1.29 is 14.3 Å². The van der Waals surface area contributed by atoms with Gasteiger partial charge in [0.2, 0.25) is 0 Å². The second-order valence-corrected chi connectivity index (χ2v) is 4.65. The molecule has 0 bridgehead atoms. The lowest BCUT2D eigenvalue weighted by Gasteiger charge is -2.06. The van der Waals surface area contributed by atoms with Crippen LogP contribution in [0.1, 0.15) is 40.0 Å². The van der Waals surface area contributed by atoms with E-state index in [1.54, 1.807) is 0 Å². The van der Waals surface area contributed by atoms with Crippen LogP contribution in [0.25, 0.3) is 0 Å². The number of rotatable bonds is 6. The molecule has 3 nitrogen and oxygen atoms in total. The van der Waals surface area contributed by atoms with Gasteiger partial charge in [-0.1, -0.05) is 25.6 Å². The number of hydrogen-bond acceptors (Lipinski definition) is 4. The molecule has 1 atom stereocenters. The Hall–Kier alpha value is -0.510. The molecule has 0 aromatic rings. The number of ether oxygens (including phenoxy) is 1. The van der Waals surface area contributed by atoms with Gasteiger partial charge in [0.05, 0.1) is 6.61 Å². The predicted molar refractivity (Wildman–Crippen MR) is 58.2 cm³/mol. The van der Waals surface area contributed by atoms with Gasteiger partial charge in [0.25, 0.3) is 0 Å². The van der Waals surface area contributed by atoms with Crippen LogP contribution in [0.15, 0.2) is 0 Å². The summed E-state index contributed by atoms with van der Waals surface area (Å²) >= 11 is 1.38. The van der Waals surface area contributed by atoms with Gasteiger partial charge in [-0.15, -0.1) is 0 Å². The van der Waals surface area contributed by atoms with Crippen LogP contribution in [0.3, 0.4) is 0 Å². The third kappa shape index (κ3) is 8.10. The molecule has 0 rings (SSSR count). The largest absolute Gasteiger partial charge is 0.466 e. The molecule has 0 aliphatic carbocycles. The van der Waals surface area contributed by atoms with Gasteiger partial charge in [0.15, 0.2) is 5.12 Å². The van der Waals surface area contributed by atoms with Crippen molar-refractivity contribution >= 4 is 22.8 Å². The zero-order chi connectivity index (χ0) is 11.0. The molecular formula is C10H18O3S. The van der Waals surface area contributed by atoms with Gasteiger partial charge in [-0.25, -0.2) is 0 Å². The van der Waals surface area contributed by atoms with Crippen molar-refractivity contribution in [3.8, 4) is 0 Å². The summed E-state index contributed by atoms with van der Waals surface area (Å²) in [4.78, 5) is 21.7. The molecule has 0 N–H and O–H groups in total. The highest BCUT2D eigenvalue weighted by molar-refractivity contribution is 8.14. The first-order valence-corrected chi connectivity index (χ1v) is 5.77. The van der Waals surface area contributed by atoms with E-state index in [2.05, 4.69) is 6.92 Å². The molecular weight excluding hydrogens is 200 g/mol. The fourth-order valence-corrected chi connectivity index (χ4v) is 1.68. The van der Waals surface area contributed by atoms with E-state index in [9.17, 15) is 9.59 Å². The van der Waals surface area contributed by atoms with Crippen molar-refractivity contribution in [2.75, 3.05) is 6.61 Å². The molecule has 0 aromatic heterocycles. The maximum atomic E-state index is 11.3. The van der Waals surface area contributed by atoms with Crippen LogP contribution in [0.5, 0.6) is 0 Å². The van der Waals surface area contributed by atoms with Crippen LogP contribution in [-0.2, 0) is 14.3 Å². The summed E-state index contributed by atoms with van der Waals surface area (Å²) in [7, 11) is 0. The van der Waals surface area contributed by atoms with Crippen LogP contribution in [0.4, 0.5) is 0 Å². The Labute approximate surface area is 89.6 Å². The molecule has 0 aromatic carbocycles. The molecule has 0 saturated carbocycles. The summed E-state index contributed by atoms with van der Waals surface area (Å²) in [6, 6.07) is 0. The Balaban J connectivity index is 3.40. The van der Waals surface area contributed by atoms with E-state index >= 15 is 0 Å². The lowest BCUT2D eigenvalue weighted by Crippen LogP contribution is -2.05. The summed E-state index contributed by atoms with van der Waals surface area (Å²) in [5.74, 6) is -0.285. The number of hydrogen-bond donors (Lipinski definition) is 0. The molecule has 0 radical (unpaired) electrons. The maximum absolute atomic E-state index is 11.3. The monoisotopic (exact) mass is 218 g/mol. The second kappa shape index (κ2) is 7.85. The van der Waals surface area contributed by atoms with Gasteiger partial charge < -0.3 is 4.74 Å². The summed E-state index contributed by atoms with van der Waals surface area (Å²) in [6.45, 7) is 5.82. The average molecular weight is 218 g/mol. The molecule has 0 fully saturated rings. The quantitative estimate of drug-likeness (QED) is 0.507. The Morgan fingerprint density at radius 1 is 1.43 bits per heavy atom. The molecule has 0 heterocycles. The van der Waals surface area contributed by atoms with Crippen molar-refractivity contribution in [3.05, 3.63) is 0 Å². The smallest absolute Gasteiger partial charge is 0.302 e. The summed E-state index contributed by atoms with van der Waals surface area (Å²) < 4.78 is 4.72. The van der Waals surface area contributed by atoms with E-state index in [0.717, 1.165) is 6.42 Å². The van der Waals surface area contributed by atoms with Gasteiger partial charge in [-0.2, -0.15) is 0 Å². The van der Waals surface area contributed by atoms with E-state index < -0.39 is 0 Å². The Morgan fingerprint density at radius 2 is 2.07 bits per heavy atom. The van der Waals surface area contributed by atoms with Crippen LogP contribution in [0, 0.1) is 0 Å². The molecule has 14 heavy (non-hydrogen) atoms. The van der Waals surface area contributed by atoms with Crippen molar-refractivity contribution in [1.82, 2.24) is 0 Å². The minimum atomic E-state index is -0.285. The third-order valence-corrected chi connectivity index (χ3v) is 2.94. The van der Waals surface area contributed by atoms with Crippen molar-refractivity contribution in [2.45, 2.75) is 45.3 Å². The van der Waals surface area contributed by atoms with Crippen molar-refractivity contribution in [3.63, 3.8) is 0 Å². The van der Waals surface area contributed by atoms with E-state index in [4.69, 9.17) is 4.74 Å². The van der Waals surface area contributed by atoms with Crippen LogP contribution >= 0.6 is 11.8 Å². The molecule has 0 spiro atoms. The predicted octanol–water partition coefficient (Wildman–Crippen LogP) is 2.39. The third-order valence-electron chi connectivity index (χ3n) is 1.74. The lowest BCUT2D eigenvalue weighted by atomic mass is 10.3. The highest BCUT2D eigenvalue weighted by Crippen LogP contribution is 2.16. The van der Waals surface area contributed by atoms with Gasteiger partial charge in [0.1, 0.15) is 0 Å². The average Bonchev–Trinajstić information content (AvgIpc) is 2.12. The Bertz CT molecular complexity index is 192. The standard InChI is InChI=1S/C10H18O3S/c1-4-8(2)14-10(12)6-5-7-13-9(3)11/h8H,4-7H2,1-3H3. The molecule has 0 aliphatic rings. The first kappa shape index (κ1) is 13.5. The van der Waals surface area contributed by atoms with Gasteiger partial charge >= 0.3 is 5.97 Å². The zero-order valence-corrected chi connectivity index (χ0v) is 9.86. The van der Waals surface area contributed by atoms with Crippen molar-refractivity contribution in [2.24, 2.45) is 0 Å². The highest BCUT2D eigenvalue weighted by atomic mass is 32.2. The first-order valence-electron chi connectivity index (χ1n) is 4.89. The zero-order valence-electron chi connectivity index (χ0n) is 9.04. The first-order chi connectivity index (χ1) is 6.56. The second-order valence-electron chi connectivity index (χ2n) is 3.15. The Kier molecular flexibility index (Phi) is 7.57. The number of thioether (sulfide) groups is 1. The van der Waals surface area contributed by atoms with E-state index in [1.807, 2.05) is 6.92 Å². The summed E-state index contributed by atoms with van der Waals surface area (Å²) in [5, 5.41) is 0.572. The topological polar surface area (TPSA) is 43.4 Å². The SMILES string of the molecule is CCC(C)SC(=O)CCCOC(C)=O. The lowest BCUT2D eigenvalue weighted by molar-refractivity contribution is -0.141. The summed E-state index contributed by atoms with van der Waals surface area (Å²) in [5.41, 5.74) is 0. The van der Waals surface area contributed by atoms with E-state index in [0.29, 0.717) is 24.7 Å². The van der Waals surface area contributed by atoms with Gasteiger partial charge in [-0.05, 0) is 12.8 Å². The number of esters is 1. The molecule has 4 heteroatoms. The normalized spacial score (nSPS) is 12.2. The molecule has 1 unspecified atom stereocenters. The summed E-state index contributed by atoms with van der Waals surface area (Å²) in [6.07, 6.45) is 2.12. The minimum Gasteiger partial charge on any atom is -0.466 e. The van der Waals surface area contributed by atoms with Crippen LogP contribution in [-0.4, -0.2) is 22.9 Å². The van der Waals surface area contributed by atoms with Gasteiger partial charge in [-0.3, -0.25) is 9.59 Å². The number of carbonyl (C=O) groups is 2. The maximum Gasteiger partial charge on any atom is 0.302 e. The Morgan fingerprint density at radius 3 is 2.57 bits per heavy atom. The minimum absolute atomic E-state index is 0.187. The van der Waals surface area contributed by atoms with Gasteiger partial charge in [0, 0.05) is 18.6 Å². The fourth-order valence-electron chi connectivity index (χ4n) is 0.799. The molecule has 82 valence electrons. The van der Waals surface area contributed by atoms with Crippen molar-refractivity contribution in [1.29, 1.82) is 0 Å².